The summed E-state index contributed by atoms with van der Waals surface area (Å²) in [6.07, 6.45) is 0.126. The average Bonchev–Trinajstić information content (AvgIpc) is 2.47. The first kappa shape index (κ1) is 14.7. The van der Waals surface area contributed by atoms with Crippen LogP contribution in [0.2, 0.25) is 0 Å². The highest BCUT2D eigenvalue weighted by atomic mass is 16.6. The van der Waals surface area contributed by atoms with Gasteiger partial charge >= 0.3 is 0 Å². The molecule has 6 nitrogen and oxygen atoms in total. The van der Waals surface area contributed by atoms with E-state index < -0.39 is 4.92 Å². The molecule has 108 valence electrons. The number of carbonyl (C=O) groups is 1. The van der Waals surface area contributed by atoms with E-state index in [9.17, 15) is 14.9 Å². The molecule has 21 heavy (non-hydrogen) atoms. The molecular formula is C15H14N2O4. The number of nitro benzene ring substituents is 1. The van der Waals surface area contributed by atoms with E-state index in [0.717, 1.165) is 0 Å². The van der Waals surface area contributed by atoms with Crippen molar-refractivity contribution in [3.05, 3.63) is 69.8 Å². The molecule has 1 amide bonds. The van der Waals surface area contributed by atoms with Gasteiger partial charge in [0.25, 0.3) is 5.69 Å². The van der Waals surface area contributed by atoms with Gasteiger partial charge in [0.1, 0.15) is 0 Å². The molecule has 0 fully saturated rings. The molecule has 0 saturated carbocycles. The molecule has 0 heterocycles. The molecule has 0 atom stereocenters. The summed E-state index contributed by atoms with van der Waals surface area (Å²) in [5.41, 5.74) is 2.00. The summed E-state index contributed by atoms with van der Waals surface area (Å²) in [4.78, 5) is 22.0. The molecule has 2 aromatic rings. The number of non-ortho nitro benzene ring substituents is 1. The summed E-state index contributed by atoms with van der Waals surface area (Å²) in [7, 11) is 0. The maximum absolute atomic E-state index is 11.9. The smallest absolute Gasteiger partial charge is 0.269 e. The van der Waals surface area contributed by atoms with Gasteiger partial charge in [0.05, 0.1) is 18.0 Å². The van der Waals surface area contributed by atoms with E-state index in [-0.39, 0.29) is 24.6 Å². The Morgan fingerprint density at radius 1 is 1.14 bits per heavy atom. The summed E-state index contributed by atoms with van der Waals surface area (Å²) < 4.78 is 0. The summed E-state index contributed by atoms with van der Waals surface area (Å²) >= 11 is 0. The van der Waals surface area contributed by atoms with Crippen LogP contribution < -0.4 is 5.32 Å². The highest BCUT2D eigenvalue weighted by molar-refractivity contribution is 5.92. The van der Waals surface area contributed by atoms with Crippen LogP contribution in [0.1, 0.15) is 11.1 Å². The standard InChI is InChI=1S/C15H14N2O4/c18-10-12-2-1-3-13(8-12)16-15(19)9-11-4-6-14(7-5-11)17(20)21/h1-8,18H,9-10H2,(H,16,19). The maximum Gasteiger partial charge on any atom is 0.269 e. The van der Waals surface area contributed by atoms with E-state index in [4.69, 9.17) is 5.11 Å². The second-order valence-electron chi connectivity index (χ2n) is 4.51. The highest BCUT2D eigenvalue weighted by Crippen LogP contribution is 2.14. The lowest BCUT2D eigenvalue weighted by molar-refractivity contribution is -0.384. The minimum atomic E-state index is -0.482. The first-order valence-electron chi connectivity index (χ1n) is 6.31. The zero-order valence-electron chi connectivity index (χ0n) is 11.2. The van der Waals surface area contributed by atoms with Crippen LogP contribution in [0.4, 0.5) is 11.4 Å². The van der Waals surface area contributed by atoms with Gasteiger partial charge in [-0.25, -0.2) is 0 Å². The fourth-order valence-electron chi connectivity index (χ4n) is 1.87. The van der Waals surface area contributed by atoms with Crippen LogP contribution in [-0.2, 0) is 17.8 Å². The van der Waals surface area contributed by atoms with E-state index in [2.05, 4.69) is 5.32 Å². The SMILES string of the molecule is O=C(Cc1ccc([N+](=O)[O-])cc1)Nc1cccc(CO)c1. The monoisotopic (exact) mass is 286 g/mol. The van der Waals surface area contributed by atoms with Gasteiger partial charge in [0.15, 0.2) is 0 Å². The van der Waals surface area contributed by atoms with Gasteiger partial charge in [-0.3, -0.25) is 14.9 Å². The van der Waals surface area contributed by atoms with Crippen molar-refractivity contribution < 1.29 is 14.8 Å². The fraction of sp³-hybridized carbons (Fsp3) is 0.133. The van der Waals surface area contributed by atoms with Crippen molar-refractivity contribution in [3.63, 3.8) is 0 Å². The normalized spacial score (nSPS) is 10.1. The number of carbonyl (C=O) groups excluding carboxylic acids is 1. The number of nitrogens with one attached hydrogen (secondary N) is 1. The third kappa shape index (κ3) is 4.12. The van der Waals surface area contributed by atoms with Crippen molar-refractivity contribution in [3.8, 4) is 0 Å². The molecule has 2 aromatic carbocycles. The summed E-state index contributed by atoms with van der Waals surface area (Å²) in [5.74, 6) is -0.223. The molecule has 0 aliphatic heterocycles. The quantitative estimate of drug-likeness (QED) is 0.651. The Kier molecular flexibility index (Phi) is 4.63. The lowest BCUT2D eigenvalue weighted by Gasteiger charge is -2.06. The number of aliphatic hydroxyl groups is 1. The number of nitro groups is 1. The number of amides is 1. The van der Waals surface area contributed by atoms with E-state index in [1.165, 1.54) is 12.1 Å². The molecule has 0 aliphatic carbocycles. The summed E-state index contributed by atoms with van der Waals surface area (Å²) in [6, 6.07) is 12.8. The van der Waals surface area contributed by atoms with Crippen molar-refractivity contribution in [1.29, 1.82) is 0 Å². The number of rotatable bonds is 5. The number of hydrogen-bond donors (Lipinski definition) is 2. The molecule has 2 rings (SSSR count). The van der Waals surface area contributed by atoms with Crippen LogP contribution in [0.25, 0.3) is 0 Å². The minimum absolute atomic E-state index is 0.00481. The van der Waals surface area contributed by atoms with E-state index >= 15 is 0 Å². The Labute approximate surface area is 121 Å². The number of anilines is 1. The van der Waals surface area contributed by atoms with Crippen LogP contribution in [0.5, 0.6) is 0 Å². The largest absolute Gasteiger partial charge is 0.392 e. The van der Waals surface area contributed by atoms with Gasteiger partial charge in [-0.2, -0.15) is 0 Å². The number of nitrogens with zero attached hydrogens (tertiary/aromatic N) is 1. The second-order valence-corrected chi connectivity index (χ2v) is 4.51. The first-order chi connectivity index (χ1) is 10.1. The number of aliphatic hydroxyl groups excluding tert-OH is 1. The molecule has 0 aromatic heterocycles. The zero-order valence-corrected chi connectivity index (χ0v) is 11.2. The van der Waals surface area contributed by atoms with Crippen molar-refractivity contribution in [2.75, 3.05) is 5.32 Å². The summed E-state index contributed by atoms with van der Waals surface area (Å²) in [6.45, 7) is -0.0912. The van der Waals surface area contributed by atoms with Crippen molar-refractivity contribution in [2.45, 2.75) is 13.0 Å². The van der Waals surface area contributed by atoms with Crippen molar-refractivity contribution in [2.24, 2.45) is 0 Å². The highest BCUT2D eigenvalue weighted by Gasteiger charge is 2.08. The molecule has 0 unspecified atom stereocenters. The average molecular weight is 286 g/mol. The van der Waals surface area contributed by atoms with E-state index in [1.54, 1.807) is 36.4 Å². The first-order valence-corrected chi connectivity index (χ1v) is 6.31. The Morgan fingerprint density at radius 2 is 1.86 bits per heavy atom. The van der Waals surface area contributed by atoms with Gasteiger partial charge in [0.2, 0.25) is 5.91 Å². The minimum Gasteiger partial charge on any atom is -0.392 e. The van der Waals surface area contributed by atoms with E-state index in [0.29, 0.717) is 16.8 Å². The molecule has 0 aliphatic rings. The molecular weight excluding hydrogens is 272 g/mol. The number of benzene rings is 2. The molecule has 6 heteroatoms. The Balaban J connectivity index is 1.99. The van der Waals surface area contributed by atoms with Crippen LogP contribution in [0, 0.1) is 10.1 Å². The third-order valence-electron chi connectivity index (χ3n) is 2.91. The van der Waals surface area contributed by atoms with Gasteiger partial charge in [-0.1, -0.05) is 24.3 Å². The zero-order chi connectivity index (χ0) is 15.2. The predicted molar refractivity (Wildman–Crippen MR) is 77.8 cm³/mol. The predicted octanol–water partition coefficient (Wildman–Crippen LogP) is 2.27. The third-order valence-corrected chi connectivity index (χ3v) is 2.91. The van der Waals surface area contributed by atoms with Gasteiger partial charge in [0, 0.05) is 17.8 Å². The second kappa shape index (κ2) is 6.62. The molecule has 0 spiro atoms. The van der Waals surface area contributed by atoms with Crippen LogP contribution in [-0.4, -0.2) is 15.9 Å². The van der Waals surface area contributed by atoms with Crippen LogP contribution in [0.3, 0.4) is 0 Å². The van der Waals surface area contributed by atoms with E-state index in [1.807, 2.05) is 0 Å². The van der Waals surface area contributed by atoms with Crippen LogP contribution in [0.15, 0.2) is 48.5 Å². The summed E-state index contributed by atoms with van der Waals surface area (Å²) in [5, 5.41) is 22.3. The van der Waals surface area contributed by atoms with Gasteiger partial charge in [-0.15, -0.1) is 0 Å². The maximum atomic E-state index is 11.9. The van der Waals surface area contributed by atoms with Gasteiger partial charge in [-0.05, 0) is 23.3 Å². The Hall–Kier alpha value is -2.73. The molecule has 0 bridgehead atoms. The lowest BCUT2D eigenvalue weighted by Crippen LogP contribution is -2.14. The Bertz CT molecular complexity index is 653. The Morgan fingerprint density at radius 3 is 2.48 bits per heavy atom. The topological polar surface area (TPSA) is 92.5 Å². The van der Waals surface area contributed by atoms with Crippen molar-refractivity contribution in [1.82, 2.24) is 0 Å². The van der Waals surface area contributed by atoms with Crippen molar-refractivity contribution >= 4 is 17.3 Å². The molecule has 0 saturated heterocycles. The molecule has 2 N–H and O–H groups in total. The number of hydrogen-bond acceptors (Lipinski definition) is 4. The lowest BCUT2D eigenvalue weighted by atomic mass is 10.1. The fourth-order valence-corrected chi connectivity index (χ4v) is 1.87. The van der Waals surface area contributed by atoms with Gasteiger partial charge < -0.3 is 10.4 Å². The molecule has 0 radical (unpaired) electrons. The van der Waals surface area contributed by atoms with Crippen LogP contribution >= 0.6 is 0 Å².